The predicted molar refractivity (Wildman–Crippen MR) is 66.0 cm³/mol. The minimum Gasteiger partial charge on any atom is -0.328 e. The summed E-state index contributed by atoms with van der Waals surface area (Å²) in [7, 11) is 4.36. The molecule has 2 N–H and O–H groups in total. The lowest BCUT2D eigenvalue weighted by Gasteiger charge is -2.20. The van der Waals surface area contributed by atoms with Crippen molar-refractivity contribution in [1.29, 1.82) is 0 Å². The maximum atomic E-state index is 5.91. The normalized spacial score (nSPS) is 25.0. The molecular formula is C12H27N3. The van der Waals surface area contributed by atoms with E-state index in [0.717, 1.165) is 12.5 Å². The molecule has 0 aromatic carbocycles. The molecule has 0 saturated carbocycles. The van der Waals surface area contributed by atoms with Crippen LogP contribution in [0.2, 0.25) is 0 Å². The molecule has 3 heteroatoms. The third kappa shape index (κ3) is 4.49. The molecule has 15 heavy (non-hydrogen) atoms. The number of hydrogen-bond acceptors (Lipinski definition) is 3. The van der Waals surface area contributed by atoms with Crippen LogP contribution < -0.4 is 5.73 Å². The number of nitrogens with zero attached hydrogens (tertiary/aromatic N) is 2. The van der Waals surface area contributed by atoms with Gasteiger partial charge in [0.15, 0.2) is 0 Å². The topological polar surface area (TPSA) is 32.5 Å². The second kappa shape index (κ2) is 6.46. The van der Waals surface area contributed by atoms with Gasteiger partial charge in [0.1, 0.15) is 0 Å². The number of likely N-dealkylation sites (N-methyl/N-ethyl adjacent to an activating group) is 1. The van der Waals surface area contributed by atoms with E-state index in [-0.39, 0.29) is 0 Å². The van der Waals surface area contributed by atoms with Crippen LogP contribution in [-0.4, -0.2) is 55.6 Å². The second-order valence-electron chi connectivity index (χ2n) is 5.02. The second-order valence-corrected chi connectivity index (χ2v) is 5.02. The lowest BCUT2D eigenvalue weighted by atomic mass is 10.1. The van der Waals surface area contributed by atoms with Crippen LogP contribution in [0.3, 0.4) is 0 Å². The van der Waals surface area contributed by atoms with Gasteiger partial charge >= 0.3 is 0 Å². The van der Waals surface area contributed by atoms with Crippen LogP contribution in [-0.2, 0) is 0 Å². The zero-order valence-corrected chi connectivity index (χ0v) is 10.6. The molecule has 3 nitrogen and oxygen atoms in total. The van der Waals surface area contributed by atoms with Crippen molar-refractivity contribution in [2.24, 2.45) is 5.73 Å². The smallest absolute Gasteiger partial charge is 0.0229 e. The Morgan fingerprint density at radius 3 is 2.73 bits per heavy atom. The van der Waals surface area contributed by atoms with Crippen LogP contribution >= 0.6 is 0 Å². The highest BCUT2D eigenvalue weighted by atomic mass is 15.2. The summed E-state index contributed by atoms with van der Waals surface area (Å²) in [5, 5.41) is 0. The van der Waals surface area contributed by atoms with Crippen molar-refractivity contribution >= 4 is 0 Å². The van der Waals surface area contributed by atoms with Gasteiger partial charge in [-0.1, -0.05) is 6.92 Å². The molecule has 0 amide bonds. The van der Waals surface area contributed by atoms with Gasteiger partial charge in [-0.05, 0) is 52.9 Å². The van der Waals surface area contributed by atoms with Crippen LogP contribution in [0.4, 0.5) is 0 Å². The third-order valence-electron chi connectivity index (χ3n) is 3.55. The van der Waals surface area contributed by atoms with Crippen molar-refractivity contribution in [3.63, 3.8) is 0 Å². The minimum atomic E-state index is 0.414. The van der Waals surface area contributed by atoms with E-state index >= 15 is 0 Å². The lowest BCUT2D eigenvalue weighted by Crippen LogP contribution is -2.32. The molecule has 1 heterocycles. The van der Waals surface area contributed by atoms with Gasteiger partial charge in [0.05, 0.1) is 0 Å². The average molecular weight is 213 g/mol. The highest BCUT2D eigenvalue weighted by molar-refractivity contribution is 4.80. The first-order chi connectivity index (χ1) is 7.13. The van der Waals surface area contributed by atoms with E-state index in [0.29, 0.717) is 6.04 Å². The molecule has 2 atom stereocenters. The van der Waals surface area contributed by atoms with Crippen molar-refractivity contribution < 1.29 is 0 Å². The standard InChI is InChI=1S/C12H27N3/c1-4-11(13)6-5-8-15-9-7-12(10-15)14(2)3/h11-12H,4-10,13H2,1-3H3. The lowest BCUT2D eigenvalue weighted by molar-refractivity contribution is 0.264. The zero-order chi connectivity index (χ0) is 11.3. The van der Waals surface area contributed by atoms with E-state index in [2.05, 4.69) is 30.8 Å². The van der Waals surface area contributed by atoms with Crippen LogP contribution in [0, 0.1) is 0 Å². The summed E-state index contributed by atoms with van der Waals surface area (Å²) in [6.45, 7) is 5.92. The van der Waals surface area contributed by atoms with E-state index in [1.165, 1.54) is 38.9 Å². The fourth-order valence-corrected chi connectivity index (χ4v) is 2.22. The molecule has 0 radical (unpaired) electrons. The van der Waals surface area contributed by atoms with Gasteiger partial charge in [0.25, 0.3) is 0 Å². The van der Waals surface area contributed by atoms with Crippen molar-refractivity contribution in [3.05, 3.63) is 0 Å². The van der Waals surface area contributed by atoms with E-state index in [9.17, 15) is 0 Å². The van der Waals surface area contributed by atoms with Gasteiger partial charge in [-0.3, -0.25) is 0 Å². The third-order valence-corrected chi connectivity index (χ3v) is 3.55. The quantitative estimate of drug-likeness (QED) is 0.718. The first-order valence-corrected chi connectivity index (χ1v) is 6.27. The van der Waals surface area contributed by atoms with E-state index < -0.39 is 0 Å². The number of likely N-dealkylation sites (tertiary alicyclic amines) is 1. The summed E-state index contributed by atoms with van der Waals surface area (Å²) >= 11 is 0. The Kier molecular flexibility index (Phi) is 5.58. The Bertz CT molecular complexity index is 170. The first kappa shape index (κ1) is 12.9. The molecule has 2 unspecified atom stereocenters. The van der Waals surface area contributed by atoms with E-state index in [1.807, 2.05) is 0 Å². The van der Waals surface area contributed by atoms with Gasteiger partial charge in [-0.15, -0.1) is 0 Å². The largest absolute Gasteiger partial charge is 0.328 e. The average Bonchev–Trinajstić information content (AvgIpc) is 2.66. The van der Waals surface area contributed by atoms with Crippen LogP contribution in [0.5, 0.6) is 0 Å². The number of nitrogens with two attached hydrogens (primary N) is 1. The maximum Gasteiger partial charge on any atom is 0.0229 e. The molecule has 90 valence electrons. The SMILES string of the molecule is CCC(N)CCCN1CCC(N(C)C)C1. The maximum absolute atomic E-state index is 5.91. The van der Waals surface area contributed by atoms with Crippen LogP contribution in [0.15, 0.2) is 0 Å². The molecule has 0 aromatic rings. The minimum absolute atomic E-state index is 0.414. The monoisotopic (exact) mass is 213 g/mol. The molecule has 1 fully saturated rings. The van der Waals surface area contributed by atoms with Gasteiger partial charge < -0.3 is 15.5 Å². The Labute approximate surface area is 94.6 Å². The van der Waals surface area contributed by atoms with Gasteiger partial charge in [-0.25, -0.2) is 0 Å². The van der Waals surface area contributed by atoms with Gasteiger partial charge in [0, 0.05) is 18.6 Å². The van der Waals surface area contributed by atoms with E-state index in [4.69, 9.17) is 5.73 Å². The molecule has 0 aliphatic carbocycles. The summed E-state index contributed by atoms with van der Waals surface area (Å²) in [4.78, 5) is 4.92. The molecule has 1 aliphatic rings. The Balaban J connectivity index is 2.09. The summed E-state index contributed by atoms with van der Waals surface area (Å²) < 4.78 is 0. The Morgan fingerprint density at radius 1 is 1.47 bits per heavy atom. The van der Waals surface area contributed by atoms with E-state index in [1.54, 1.807) is 0 Å². The Hall–Kier alpha value is -0.120. The molecular weight excluding hydrogens is 186 g/mol. The van der Waals surface area contributed by atoms with Gasteiger partial charge in [0.2, 0.25) is 0 Å². The van der Waals surface area contributed by atoms with Crippen molar-refractivity contribution in [2.45, 2.75) is 44.7 Å². The zero-order valence-electron chi connectivity index (χ0n) is 10.6. The summed E-state index contributed by atoms with van der Waals surface area (Å²) in [5.41, 5.74) is 5.91. The molecule has 1 saturated heterocycles. The number of rotatable bonds is 6. The van der Waals surface area contributed by atoms with Crippen LogP contribution in [0.25, 0.3) is 0 Å². The molecule has 0 aromatic heterocycles. The predicted octanol–water partition coefficient (Wildman–Crippen LogP) is 1.14. The molecule has 1 aliphatic heterocycles. The molecule has 1 rings (SSSR count). The fraction of sp³-hybridized carbons (Fsp3) is 1.00. The Morgan fingerprint density at radius 2 is 2.20 bits per heavy atom. The summed E-state index contributed by atoms with van der Waals surface area (Å²) in [6.07, 6.45) is 4.88. The van der Waals surface area contributed by atoms with Gasteiger partial charge in [-0.2, -0.15) is 0 Å². The fourth-order valence-electron chi connectivity index (χ4n) is 2.22. The highest BCUT2D eigenvalue weighted by Gasteiger charge is 2.23. The van der Waals surface area contributed by atoms with Crippen LogP contribution in [0.1, 0.15) is 32.6 Å². The summed E-state index contributed by atoms with van der Waals surface area (Å²) in [6, 6.07) is 1.18. The summed E-state index contributed by atoms with van der Waals surface area (Å²) in [5.74, 6) is 0. The highest BCUT2D eigenvalue weighted by Crippen LogP contribution is 2.13. The first-order valence-electron chi connectivity index (χ1n) is 6.27. The molecule has 0 bridgehead atoms. The number of hydrogen-bond donors (Lipinski definition) is 1. The molecule has 0 spiro atoms. The van der Waals surface area contributed by atoms with Crippen molar-refractivity contribution in [2.75, 3.05) is 33.7 Å². The van der Waals surface area contributed by atoms with Crippen molar-refractivity contribution in [1.82, 2.24) is 9.80 Å². The van der Waals surface area contributed by atoms with Crippen molar-refractivity contribution in [3.8, 4) is 0 Å².